The molecule has 0 spiro atoms. The second-order valence-electron chi connectivity index (χ2n) is 6.59. The summed E-state index contributed by atoms with van der Waals surface area (Å²) in [5.74, 6) is 0.752. The van der Waals surface area contributed by atoms with Crippen molar-refractivity contribution in [1.82, 2.24) is 30.4 Å². The summed E-state index contributed by atoms with van der Waals surface area (Å²) in [6.07, 6.45) is 1.88. The summed E-state index contributed by atoms with van der Waals surface area (Å²) < 4.78 is 1.70. The van der Waals surface area contributed by atoms with E-state index in [0.29, 0.717) is 32.1 Å². The van der Waals surface area contributed by atoms with Crippen LogP contribution in [0.4, 0.5) is 5.95 Å². The Bertz CT molecular complexity index is 779. The van der Waals surface area contributed by atoms with Gasteiger partial charge in [-0.25, -0.2) is 0 Å². The Morgan fingerprint density at radius 1 is 1.08 bits per heavy atom. The van der Waals surface area contributed by atoms with E-state index >= 15 is 0 Å². The number of aromatic nitrogens is 4. The van der Waals surface area contributed by atoms with Gasteiger partial charge in [0.2, 0.25) is 17.8 Å². The molecule has 136 valence electrons. The van der Waals surface area contributed by atoms with Gasteiger partial charge < -0.3 is 15.1 Å². The molecule has 2 fully saturated rings. The summed E-state index contributed by atoms with van der Waals surface area (Å²) in [5.41, 5.74) is 0.897. The van der Waals surface area contributed by atoms with Crippen LogP contribution in [-0.2, 0) is 9.59 Å². The predicted molar refractivity (Wildman–Crippen MR) is 93.7 cm³/mol. The molecule has 2 aromatic rings. The monoisotopic (exact) mass is 355 g/mol. The Morgan fingerprint density at radius 3 is 2.50 bits per heavy atom. The van der Waals surface area contributed by atoms with Gasteiger partial charge in [0, 0.05) is 32.1 Å². The highest BCUT2D eigenvalue weighted by atomic mass is 16.2. The molecule has 2 heterocycles. The van der Waals surface area contributed by atoms with Gasteiger partial charge in [0.15, 0.2) is 0 Å². The molecule has 1 N–H and O–H groups in total. The Balaban J connectivity index is 1.33. The van der Waals surface area contributed by atoms with Crippen LogP contribution in [-0.4, -0.2) is 69.6 Å². The molecule has 0 unspecified atom stereocenters. The van der Waals surface area contributed by atoms with Gasteiger partial charge in [-0.1, -0.05) is 23.3 Å². The lowest BCUT2D eigenvalue weighted by molar-refractivity contribution is -0.133. The Labute approximate surface area is 151 Å². The van der Waals surface area contributed by atoms with Gasteiger partial charge in [0.25, 0.3) is 0 Å². The Morgan fingerprint density at radius 2 is 1.81 bits per heavy atom. The quantitative estimate of drug-likeness (QED) is 0.800. The van der Waals surface area contributed by atoms with Gasteiger partial charge in [0.05, 0.1) is 12.2 Å². The molecule has 1 aliphatic carbocycles. The molecule has 1 aliphatic heterocycles. The van der Waals surface area contributed by atoms with Crippen LogP contribution in [0.15, 0.2) is 30.3 Å². The molecule has 9 heteroatoms. The fourth-order valence-electron chi connectivity index (χ4n) is 3.04. The standard InChI is InChI=1S/C17H21N7O2/c25-15(12-18-16(26)13-6-7-13)22-8-10-23(11-9-22)17-19-20-21-24(17)14-4-2-1-3-5-14/h1-5,13H,6-12H2,(H,18,26). The van der Waals surface area contributed by atoms with Crippen LogP contribution in [0.2, 0.25) is 0 Å². The largest absolute Gasteiger partial charge is 0.347 e. The van der Waals surface area contributed by atoms with E-state index in [1.807, 2.05) is 30.3 Å². The molecule has 1 aromatic heterocycles. The summed E-state index contributed by atoms with van der Waals surface area (Å²) in [6.45, 7) is 2.54. The second-order valence-corrected chi connectivity index (χ2v) is 6.59. The first-order valence-electron chi connectivity index (χ1n) is 8.86. The van der Waals surface area contributed by atoms with Crippen molar-refractivity contribution < 1.29 is 9.59 Å². The van der Waals surface area contributed by atoms with E-state index in [-0.39, 0.29) is 24.3 Å². The fraction of sp³-hybridized carbons (Fsp3) is 0.471. The summed E-state index contributed by atoms with van der Waals surface area (Å²) in [6, 6.07) is 9.71. The summed E-state index contributed by atoms with van der Waals surface area (Å²) in [4.78, 5) is 27.8. The fourth-order valence-corrected chi connectivity index (χ4v) is 3.04. The van der Waals surface area contributed by atoms with E-state index in [2.05, 4.69) is 25.7 Å². The smallest absolute Gasteiger partial charge is 0.250 e. The first-order chi connectivity index (χ1) is 12.7. The van der Waals surface area contributed by atoms with Gasteiger partial charge in [-0.3, -0.25) is 9.59 Å². The molecule has 2 amide bonds. The van der Waals surface area contributed by atoms with Crippen LogP contribution in [0.1, 0.15) is 12.8 Å². The normalized spacial score (nSPS) is 17.2. The average molecular weight is 355 g/mol. The summed E-state index contributed by atoms with van der Waals surface area (Å²) in [7, 11) is 0. The van der Waals surface area contributed by atoms with Crippen molar-refractivity contribution in [3.8, 4) is 5.69 Å². The van der Waals surface area contributed by atoms with E-state index in [1.54, 1.807) is 9.58 Å². The van der Waals surface area contributed by atoms with Gasteiger partial charge in [-0.2, -0.15) is 4.68 Å². The van der Waals surface area contributed by atoms with Crippen molar-refractivity contribution in [2.45, 2.75) is 12.8 Å². The molecule has 9 nitrogen and oxygen atoms in total. The van der Waals surface area contributed by atoms with E-state index in [0.717, 1.165) is 18.5 Å². The minimum Gasteiger partial charge on any atom is -0.347 e. The van der Waals surface area contributed by atoms with Crippen LogP contribution in [0.3, 0.4) is 0 Å². The molecule has 1 aromatic carbocycles. The summed E-state index contributed by atoms with van der Waals surface area (Å²) in [5, 5.41) is 14.7. The summed E-state index contributed by atoms with van der Waals surface area (Å²) >= 11 is 0. The molecule has 4 rings (SSSR count). The van der Waals surface area contributed by atoms with Gasteiger partial charge >= 0.3 is 0 Å². The zero-order valence-corrected chi connectivity index (χ0v) is 14.4. The molecular weight excluding hydrogens is 334 g/mol. The Kier molecular flexibility index (Phi) is 4.51. The molecule has 2 aliphatic rings. The zero-order chi connectivity index (χ0) is 17.9. The number of anilines is 1. The van der Waals surface area contributed by atoms with E-state index in [1.165, 1.54) is 0 Å². The molecule has 1 saturated carbocycles. The number of hydrogen-bond donors (Lipinski definition) is 1. The molecule has 0 bridgehead atoms. The van der Waals surface area contributed by atoms with E-state index in [9.17, 15) is 9.59 Å². The molecule has 0 radical (unpaired) electrons. The lowest BCUT2D eigenvalue weighted by Gasteiger charge is -2.34. The highest BCUT2D eigenvalue weighted by Crippen LogP contribution is 2.28. The van der Waals surface area contributed by atoms with Crippen molar-refractivity contribution in [3.63, 3.8) is 0 Å². The van der Waals surface area contributed by atoms with Crippen LogP contribution >= 0.6 is 0 Å². The number of tetrazole rings is 1. The predicted octanol–water partition coefficient (Wildman–Crippen LogP) is -0.163. The second kappa shape index (κ2) is 7.11. The minimum absolute atomic E-state index is 0.000904. The lowest BCUT2D eigenvalue weighted by Crippen LogP contribution is -2.51. The highest BCUT2D eigenvalue weighted by Gasteiger charge is 2.30. The van der Waals surface area contributed by atoms with Crippen molar-refractivity contribution in [2.24, 2.45) is 5.92 Å². The van der Waals surface area contributed by atoms with Crippen LogP contribution in [0, 0.1) is 5.92 Å². The van der Waals surface area contributed by atoms with Crippen LogP contribution in [0.25, 0.3) is 5.69 Å². The minimum atomic E-state index is -0.0405. The number of hydrogen-bond acceptors (Lipinski definition) is 6. The zero-order valence-electron chi connectivity index (χ0n) is 14.4. The van der Waals surface area contributed by atoms with Crippen molar-refractivity contribution in [2.75, 3.05) is 37.6 Å². The molecule has 0 atom stereocenters. The van der Waals surface area contributed by atoms with Gasteiger partial charge in [-0.05, 0) is 35.4 Å². The number of para-hydroxylation sites is 1. The van der Waals surface area contributed by atoms with E-state index in [4.69, 9.17) is 0 Å². The SMILES string of the molecule is O=C(NCC(=O)N1CCN(c2nnnn2-c2ccccc2)CC1)C1CC1. The van der Waals surface area contributed by atoms with Gasteiger partial charge in [0.1, 0.15) is 0 Å². The number of carbonyl (C=O) groups excluding carboxylic acids is 2. The average Bonchev–Trinajstić information content (AvgIpc) is 3.43. The van der Waals surface area contributed by atoms with Crippen molar-refractivity contribution in [1.29, 1.82) is 0 Å². The number of rotatable bonds is 5. The number of nitrogens with zero attached hydrogens (tertiary/aromatic N) is 6. The third kappa shape index (κ3) is 3.51. The number of carbonyl (C=O) groups is 2. The molecular formula is C17H21N7O2. The van der Waals surface area contributed by atoms with E-state index < -0.39 is 0 Å². The maximum Gasteiger partial charge on any atom is 0.250 e. The number of amides is 2. The van der Waals surface area contributed by atoms with Crippen molar-refractivity contribution in [3.05, 3.63) is 30.3 Å². The highest BCUT2D eigenvalue weighted by molar-refractivity contribution is 5.87. The van der Waals surface area contributed by atoms with Crippen LogP contribution in [0.5, 0.6) is 0 Å². The maximum atomic E-state index is 12.3. The lowest BCUT2D eigenvalue weighted by atomic mass is 10.3. The molecule has 26 heavy (non-hydrogen) atoms. The van der Waals surface area contributed by atoms with Crippen molar-refractivity contribution >= 4 is 17.8 Å². The molecule has 1 saturated heterocycles. The topological polar surface area (TPSA) is 96.2 Å². The third-order valence-electron chi connectivity index (χ3n) is 4.73. The Hall–Kier alpha value is -2.97. The number of nitrogens with one attached hydrogen (secondary N) is 1. The maximum absolute atomic E-state index is 12.3. The first kappa shape index (κ1) is 16.5. The van der Waals surface area contributed by atoms with Gasteiger partial charge in [-0.15, -0.1) is 0 Å². The number of benzene rings is 1. The van der Waals surface area contributed by atoms with Crippen LogP contribution < -0.4 is 10.2 Å². The third-order valence-corrected chi connectivity index (χ3v) is 4.73. The number of piperazine rings is 1. The first-order valence-corrected chi connectivity index (χ1v) is 8.86.